The number of alkyl halides is 13. The van der Waals surface area contributed by atoms with Crippen LogP contribution in [0.5, 0.6) is 0 Å². The Morgan fingerprint density at radius 3 is 1.19 bits per heavy atom. The second-order valence-electron chi connectivity index (χ2n) is 8.18. The molecule has 0 atom stereocenters. The molecule has 0 saturated carbocycles. The molecule has 0 unspecified atom stereocenters. The molecule has 4 nitrogen and oxygen atoms in total. The highest BCUT2D eigenvalue weighted by molar-refractivity contribution is 7.86. The number of unbranched alkanes of at least 4 members (excludes halogenated alkanes) is 2. The van der Waals surface area contributed by atoms with Crippen LogP contribution in [0.25, 0.3) is 0 Å². The van der Waals surface area contributed by atoms with Gasteiger partial charge >= 0.3 is 35.1 Å². The second kappa shape index (κ2) is 12.9. The van der Waals surface area contributed by atoms with Crippen LogP contribution >= 0.6 is 0 Å². The quantitative estimate of drug-likeness (QED) is 0.0930. The van der Waals surface area contributed by atoms with E-state index in [4.69, 9.17) is 0 Å². The molecule has 0 aliphatic rings. The average molecular weight is 599 g/mol. The van der Waals surface area contributed by atoms with Crippen LogP contribution in [0.3, 0.4) is 0 Å². The summed E-state index contributed by atoms with van der Waals surface area (Å²) in [5.74, 6) is -28.9. The maximum atomic E-state index is 13.3. The van der Waals surface area contributed by atoms with Crippen LogP contribution in [-0.4, -0.2) is 78.8 Å². The molecule has 37 heavy (non-hydrogen) atoms. The molecular weight excluding hydrogens is 569 g/mol. The van der Waals surface area contributed by atoms with Crippen molar-refractivity contribution in [2.24, 2.45) is 0 Å². The van der Waals surface area contributed by atoms with E-state index in [0.29, 0.717) is 0 Å². The predicted molar refractivity (Wildman–Crippen MR) is 106 cm³/mol. The number of hydrogen-bond donors (Lipinski definition) is 0. The van der Waals surface area contributed by atoms with E-state index in [1.807, 2.05) is 0 Å². The van der Waals surface area contributed by atoms with Crippen LogP contribution in [-0.2, 0) is 10.1 Å². The van der Waals surface area contributed by atoms with Crippen molar-refractivity contribution >= 4 is 10.1 Å². The summed E-state index contributed by atoms with van der Waals surface area (Å²) in [6.45, 7) is 14.2. The maximum Gasteiger partial charge on any atom is 0.402 e. The fraction of sp³-hybridized carbons (Fsp3) is 1.00. The summed E-state index contributed by atoms with van der Waals surface area (Å²) in [6, 6.07) is 0. The van der Waals surface area contributed by atoms with Gasteiger partial charge in [-0.2, -0.15) is 57.1 Å². The Balaban J connectivity index is 0. The normalized spacial score (nSPS) is 14.9. The Morgan fingerprint density at radius 2 is 0.919 bits per heavy atom. The van der Waals surface area contributed by atoms with E-state index in [-0.39, 0.29) is 0 Å². The number of nitrogens with zero attached hydrogens (tertiary/aromatic N) is 1. The first-order chi connectivity index (χ1) is 16.2. The van der Waals surface area contributed by atoms with Crippen molar-refractivity contribution in [2.45, 2.75) is 94.9 Å². The minimum Gasteiger partial charge on any atom is -0.743 e. The predicted octanol–water partition coefficient (Wildman–Crippen LogP) is 7.06. The minimum absolute atomic E-state index is 0.891. The van der Waals surface area contributed by atoms with Crippen molar-refractivity contribution in [3.05, 3.63) is 0 Å². The van der Waals surface area contributed by atoms with Crippen molar-refractivity contribution < 1.29 is 74.5 Å². The van der Waals surface area contributed by atoms with Gasteiger partial charge in [0, 0.05) is 12.8 Å². The minimum atomic E-state index is -7.75. The third-order valence-corrected chi connectivity index (χ3v) is 6.95. The molecule has 0 fully saturated rings. The van der Waals surface area contributed by atoms with Crippen molar-refractivity contribution in [3.63, 3.8) is 0 Å². The van der Waals surface area contributed by atoms with Crippen LogP contribution in [0, 0.1) is 0 Å². The third-order valence-electron chi connectivity index (χ3n) is 6.06. The molecule has 0 aliphatic carbocycles. The van der Waals surface area contributed by atoms with E-state index in [2.05, 4.69) is 27.7 Å². The lowest BCUT2D eigenvalue weighted by Crippen LogP contribution is -2.68. The molecule has 0 spiro atoms. The Bertz CT molecular complexity index is 778. The SMILES string of the molecule is CC[N+](CC)(CC)CC.O=S(=O)([O-])C(F)(F)C(F)(F)C(F)(F)C(F)(F)C(F)(F)CCCCCC(F)(F)F. The third kappa shape index (κ3) is 8.73. The highest BCUT2D eigenvalue weighted by atomic mass is 32.2. The fourth-order valence-corrected chi connectivity index (χ4v) is 3.56. The summed E-state index contributed by atoms with van der Waals surface area (Å²) in [4.78, 5) is 0. The summed E-state index contributed by atoms with van der Waals surface area (Å²) in [7, 11) is -7.69. The van der Waals surface area contributed by atoms with Gasteiger partial charge in [-0.25, -0.2) is 8.42 Å². The number of hydrogen-bond acceptors (Lipinski definition) is 3. The zero-order valence-electron chi connectivity index (χ0n) is 20.4. The number of rotatable bonds is 14. The molecule has 0 saturated heterocycles. The van der Waals surface area contributed by atoms with Crippen molar-refractivity contribution in [2.75, 3.05) is 26.2 Å². The van der Waals surface area contributed by atoms with Gasteiger partial charge in [-0.05, 0) is 40.5 Å². The molecule has 226 valence electrons. The first kappa shape index (κ1) is 38.1. The van der Waals surface area contributed by atoms with Gasteiger partial charge in [0.05, 0.1) is 26.2 Å². The zero-order valence-corrected chi connectivity index (χ0v) is 21.2. The van der Waals surface area contributed by atoms with Gasteiger partial charge in [-0.3, -0.25) is 0 Å². The van der Waals surface area contributed by atoms with Gasteiger partial charge in [0.15, 0.2) is 10.1 Å². The van der Waals surface area contributed by atoms with Gasteiger partial charge in [0.1, 0.15) is 0 Å². The molecular formula is C19H30F13NO3S. The monoisotopic (exact) mass is 599 g/mol. The van der Waals surface area contributed by atoms with E-state index < -0.39 is 77.3 Å². The molecule has 0 aliphatic heterocycles. The molecule has 0 N–H and O–H groups in total. The summed E-state index contributed by atoms with van der Waals surface area (Å²) >= 11 is 0. The summed E-state index contributed by atoms with van der Waals surface area (Å²) < 4.78 is 198. The Hall–Kier alpha value is -1.04. The Labute approximate surface area is 206 Å². The van der Waals surface area contributed by atoms with Crippen molar-refractivity contribution in [3.8, 4) is 0 Å². The molecule has 0 amide bonds. The summed E-state index contributed by atoms with van der Waals surface area (Å²) in [5.41, 5.74) is 0. The standard InChI is InChI=1S/C11H11F13O3S.C8H20N/c12-6(13,4-2-1-3-5-7(14,15)16)8(17,18)9(19,20)10(21,22)11(23,24)28(25,26)27;1-5-9(6-2,7-3)8-4/h1-5H2,(H,25,26,27);5-8H2,1-4H3/q;+1/p-1. The van der Waals surface area contributed by atoms with Gasteiger partial charge in [0.25, 0.3) is 0 Å². The summed E-state index contributed by atoms with van der Waals surface area (Å²) in [5, 5.41) is -7.38. The van der Waals surface area contributed by atoms with Crippen molar-refractivity contribution in [1.29, 1.82) is 0 Å². The maximum absolute atomic E-state index is 13.3. The van der Waals surface area contributed by atoms with Crippen LogP contribution < -0.4 is 0 Å². The van der Waals surface area contributed by atoms with Gasteiger partial charge in [-0.1, -0.05) is 6.42 Å². The second-order valence-corrected chi connectivity index (χ2v) is 9.60. The van der Waals surface area contributed by atoms with E-state index in [1.165, 1.54) is 30.7 Å². The van der Waals surface area contributed by atoms with E-state index >= 15 is 0 Å². The topological polar surface area (TPSA) is 57.2 Å². The smallest absolute Gasteiger partial charge is 0.402 e. The van der Waals surface area contributed by atoms with Gasteiger partial charge in [-0.15, -0.1) is 0 Å². The molecule has 0 aromatic rings. The lowest BCUT2D eigenvalue weighted by atomic mass is 9.94. The first-order valence-electron chi connectivity index (χ1n) is 11.0. The van der Waals surface area contributed by atoms with Crippen LogP contribution in [0.15, 0.2) is 0 Å². The fourth-order valence-electron chi connectivity index (χ4n) is 3.11. The first-order valence-corrected chi connectivity index (χ1v) is 12.4. The average Bonchev–Trinajstić information content (AvgIpc) is 2.73. The molecule has 0 aromatic carbocycles. The largest absolute Gasteiger partial charge is 0.743 e. The van der Waals surface area contributed by atoms with Gasteiger partial charge in [0.2, 0.25) is 0 Å². The van der Waals surface area contributed by atoms with Crippen LogP contribution in [0.2, 0.25) is 0 Å². The lowest BCUT2D eigenvalue weighted by Gasteiger charge is -2.39. The highest BCUT2D eigenvalue weighted by Gasteiger charge is 2.87. The molecule has 0 bridgehead atoms. The van der Waals surface area contributed by atoms with Crippen LogP contribution in [0.4, 0.5) is 57.1 Å². The van der Waals surface area contributed by atoms with Gasteiger partial charge < -0.3 is 9.04 Å². The Morgan fingerprint density at radius 1 is 0.568 bits per heavy atom. The highest BCUT2D eigenvalue weighted by Crippen LogP contribution is 2.58. The molecule has 0 radical (unpaired) electrons. The number of halogens is 13. The van der Waals surface area contributed by atoms with E-state index in [9.17, 15) is 70.0 Å². The molecule has 18 heteroatoms. The number of quaternary nitrogens is 1. The van der Waals surface area contributed by atoms with E-state index in [0.717, 1.165) is 0 Å². The van der Waals surface area contributed by atoms with Crippen molar-refractivity contribution in [1.82, 2.24) is 0 Å². The molecule has 0 aromatic heterocycles. The molecule has 0 rings (SSSR count). The molecule has 0 heterocycles. The zero-order chi connectivity index (χ0) is 30.4. The summed E-state index contributed by atoms with van der Waals surface area (Å²) in [6.07, 6.45) is -11.9. The Kier molecular flexibility index (Phi) is 13.3. The van der Waals surface area contributed by atoms with E-state index in [1.54, 1.807) is 0 Å². The lowest BCUT2D eigenvalue weighted by molar-refractivity contribution is -0.921. The van der Waals surface area contributed by atoms with Crippen LogP contribution in [0.1, 0.15) is 59.8 Å².